The van der Waals surface area contributed by atoms with Gasteiger partial charge in [-0.3, -0.25) is 4.79 Å². The molecule has 0 radical (unpaired) electrons. The van der Waals surface area contributed by atoms with Crippen LogP contribution in [0.5, 0.6) is 0 Å². The van der Waals surface area contributed by atoms with Crippen LogP contribution in [0.15, 0.2) is 24.3 Å². The molecule has 4 nitrogen and oxygen atoms in total. The van der Waals surface area contributed by atoms with Crippen molar-refractivity contribution in [2.45, 2.75) is 12.5 Å². The van der Waals surface area contributed by atoms with E-state index >= 15 is 0 Å². The zero-order chi connectivity index (χ0) is 11.3. The Balaban J connectivity index is 2.72. The molecule has 0 aliphatic heterocycles. The average molecular weight is 224 g/mol. The number of primary amides is 1. The van der Waals surface area contributed by atoms with Crippen molar-refractivity contribution in [3.63, 3.8) is 0 Å². The standard InChI is InChI=1S/C10H10ClN3O/c11-8-3-1-2-4-9(8)14-7(6-12)5-10(13)15/h1-4,7,14H,5H2,(H2,13,15). The summed E-state index contributed by atoms with van der Waals surface area (Å²) in [6.45, 7) is 0. The number of hydrogen-bond acceptors (Lipinski definition) is 3. The van der Waals surface area contributed by atoms with E-state index in [0.717, 1.165) is 0 Å². The molecule has 0 heterocycles. The highest BCUT2D eigenvalue weighted by Crippen LogP contribution is 2.21. The van der Waals surface area contributed by atoms with Crippen LogP contribution in [0.25, 0.3) is 0 Å². The number of nitrogens with one attached hydrogen (secondary N) is 1. The molecule has 0 spiro atoms. The molecule has 1 atom stereocenters. The van der Waals surface area contributed by atoms with Gasteiger partial charge in [0.1, 0.15) is 6.04 Å². The Kier molecular flexibility index (Phi) is 3.95. The summed E-state index contributed by atoms with van der Waals surface area (Å²) in [5.74, 6) is -0.527. The fourth-order valence-electron chi connectivity index (χ4n) is 1.10. The van der Waals surface area contributed by atoms with E-state index in [0.29, 0.717) is 10.7 Å². The third-order valence-electron chi connectivity index (χ3n) is 1.76. The summed E-state index contributed by atoms with van der Waals surface area (Å²) in [5.41, 5.74) is 5.62. The highest BCUT2D eigenvalue weighted by atomic mass is 35.5. The number of halogens is 1. The summed E-state index contributed by atoms with van der Waals surface area (Å²) in [7, 11) is 0. The molecular weight excluding hydrogens is 214 g/mol. The molecule has 0 bridgehead atoms. The van der Waals surface area contributed by atoms with Crippen molar-refractivity contribution in [3.8, 4) is 6.07 Å². The van der Waals surface area contributed by atoms with E-state index in [2.05, 4.69) is 5.32 Å². The van der Waals surface area contributed by atoms with E-state index in [4.69, 9.17) is 22.6 Å². The van der Waals surface area contributed by atoms with Crippen molar-refractivity contribution < 1.29 is 4.79 Å². The first-order chi connectivity index (χ1) is 7.13. The van der Waals surface area contributed by atoms with Gasteiger partial charge >= 0.3 is 0 Å². The number of rotatable bonds is 4. The zero-order valence-corrected chi connectivity index (χ0v) is 8.66. The van der Waals surface area contributed by atoms with Crippen molar-refractivity contribution >= 4 is 23.2 Å². The van der Waals surface area contributed by atoms with E-state index < -0.39 is 11.9 Å². The van der Waals surface area contributed by atoms with Gasteiger partial charge in [0.2, 0.25) is 5.91 Å². The SMILES string of the molecule is N#CC(CC(N)=O)Nc1ccccc1Cl. The molecule has 3 N–H and O–H groups in total. The Morgan fingerprint density at radius 1 is 1.60 bits per heavy atom. The molecule has 1 unspecified atom stereocenters. The van der Waals surface area contributed by atoms with Gasteiger partial charge in [-0.25, -0.2) is 0 Å². The molecule has 1 rings (SSSR count). The van der Waals surface area contributed by atoms with Crippen LogP contribution in [0.4, 0.5) is 5.69 Å². The number of nitrogens with zero attached hydrogens (tertiary/aromatic N) is 1. The van der Waals surface area contributed by atoms with Gasteiger partial charge in [0.05, 0.1) is 23.2 Å². The number of nitrogens with two attached hydrogens (primary N) is 1. The monoisotopic (exact) mass is 223 g/mol. The highest BCUT2D eigenvalue weighted by molar-refractivity contribution is 6.33. The van der Waals surface area contributed by atoms with Crippen LogP contribution in [0.2, 0.25) is 5.02 Å². The molecule has 78 valence electrons. The lowest BCUT2D eigenvalue weighted by atomic mass is 10.2. The van der Waals surface area contributed by atoms with Gasteiger partial charge in [-0.1, -0.05) is 23.7 Å². The average Bonchev–Trinajstić information content (AvgIpc) is 2.19. The maximum Gasteiger partial charge on any atom is 0.220 e. The topological polar surface area (TPSA) is 78.9 Å². The molecule has 0 aliphatic rings. The summed E-state index contributed by atoms with van der Waals surface area (Å²) < 4.78 is 0. The van der Waals surface area contributed by atoms with Gasteiger partial charge in [-0.05, 0) is 12.1 Å². The molecule has 0 aliphatic carbocycles. The van der Waals surface area contributed by atoms with E-state index in [9.17, 15) is 4.79 Å². The van der Waals surface area contributed by atoms with Crippen LogP contribution in [0.3, 0.4) is 0 Å². The highest BCUT2D eigenvalue weighted by Gasteiger charge is 2.11. The summed E-state index contributed by atoms with van der Waals surface area (Å²) in [5, 5.41) is 12.1. The predicted octanol–water partition coefficient (Wildman–Crippen LogP) is 1.52. The fraction of sp³-hybridized carbons (Fsp3) is 0.200. The first-order valence-electron chi connectivity index (χ1n) is 4.32. The second-order valence-electron chi connectivity index (χ2n) is 2.98. The molecule has 15 heavy (non-hydrogen) atoms. The maximum atomic E-state index is 10.6. The van der Waals surface area contributed by atoms with Crippen LogP contribution in [-0.2, 0) is 4.79 Å². The van der Waals surface area contributed by atoms with Crippen molar-refractivity contribution in [2.24, 2.45) is 5.73 Å². The van der Waals surface area contributed by atoms with Gasteiger partial charge < -0.3 is 11.1 Å². The Labute approximate surface area is 92.6 Å². The molecule has 1 aromatic carbocycles. The number of hydrogen-bond donors (Lipinski definition) is 2. The molecule has 5 heteroatoms. The minimum atomic E-state index is -0.651. The Bertz CT molecular complexity index is 400. The number of anilines is 1. The predicted molar refractivity (Wildman–Crippen MR) is 58.3 cm³/mol. The Hall–Kier alpha value is -1.73. The summed E-state index contributed by atoms with van der Waals surface area (Å²) in [6.07, 6.45) is -0.0400. The van der Waals surface area contributed by atoms with Crippen LogP contribution < -0.4 is 11.1 Å². The van der Waals surface area contributed by atoms with Crippen molar-refractivity contribution in [3.05, 3.63) is 29.3 Å². The lowest BCUT2D eigenvalue weighted by Crippen LogP contribution is -2.25. The van der Waals surface area contributed by atoms with Gasteiger partial charge in [0.15, 0.2) is 0 Å². The number of carbonyl (C=O) groups is 1. The molecule has 0 aromatic heterocycles. The van der Waals surface area contributed by atoms with Crippen molar-refractivity contribution in [1.82, 2.24) is 0 Å². The van der Waals surface area contributed by atoms with E-state index in [1.807, 2.05) is 6.07 Å². The van der Waals surface area contributed by atoms with Crippen molar-refractivity contribution in [2.75, 3.05) is 5.32 Å². The summed E-state index contributed by atoms with van der Waals surface area (Å²) in [6, 6.07) is 8.28. The van der Waals surface area contributed by atoms with Crippen molar-refractivity contribution in [1.29, 1.82) is 5.26 Å². The maximum absolute atomic E-state index is 10.6. The Morgan fingerprint density at radius 2 is 2.27 bits per heavy atom. The lowest BCUT2D eigenvalue weighted by molar-refractivity contribution is -0.118. The van der Waals surface area contributed by atoms with Gasteiger partial charge in [-0.15, -0.1) is 0 Å². The third kappa shape index (κ3) is 3.49. The molecular formula is C10H10ClN3O. The normalized spacial score (nSPS) is 11.5. The number of nitriles is 1. The third-order valence-corrected chi connectivity index (χ3v) is 2.09. The lowest BCUT2D eigenvalue weighted by Gasteiger charge is -2.12. The summed E-state index contributed by atoms with van der Waals surface area (Å²) >= 11 is 5.87. The first-order valence-corrected chi connectivity index (χ1v) is 4.70. The first kappa shape index (κ1) is 11.3. The van der Waals surface area contributed by atoms with E-state index in [-0.39, 0.29) is 6.42 Å². The van der Waals surface area contributed by atoms with Gasteiger partial charge in [0.25, 0.3) is 0 Å². The minimum Gasteiger partial charge on any atom is -0.370 e. The molecule has 1 aromatic rings. The number of para-hydroxylation sites is 1. The molecule has 0 saturated heterocycles. The fourth-order valence-corrected chi connectivity index (χ4v) is 1.29. The van der Waals surface area contributed by atoms with E-state index in [1.165, 1.54) is 0 Å². The number of benzene rings is 1. The van der Waals surface area contributed by atoms with Crippen LogP contribution >= 0.6 is 11.6 Å². The molecule has 1 amide bonds. The minimum absolute atomic E-state index is 0.0400. The van der Waals surface area contributed by atoms with Gasteiger partial charge in [0, 0.05) is 0 Å². The largest absolute Gasteiger partial charge is 0.370 e. The van der Waals surface area contributed by atoms with Crippen LogP contribution in [-0.4, -0.2) is 11.9 Å². The molecule has 0 saturated carbocycles. The zero-order valence-electron chi connectivity index (χ0n) is 7.90. The second kappa shape index (κ2) is 5.23. The smallest absolute Gasteiger partial charge is 0.220 e. The molecule has 0 fully saturated rings. The number of carbonyl (C=O) groups excluding carboxylic acids is 1. The van der Waals surface area contributed by atoms with Crippen LogP contribution in [0.1, 0.15) is 6.42 Å². The summed E-state index contributed by atoms with van der Waals surface area (Å²) in [4.78, 5) is 10.6. The van der Waals surface area contributed by atoms with E-state index in [1.54, 1.807) is 24.3 Å². The van der Waals surface area contributed by atoms with Gasteiger partial charge in [-0.2, -0.15) is 5.26 Å². The Morgan fingerprint density at radius 3 is 2.80 bits per heavy atom. The van der Waals surface area contributed by atoms with Crippen LogP contribution in [0, 0.1) is 11.3 Å². The second-order valence-corrected chi connectivity index (χ2v) is 3.38. The quantitative estimate of drug-likeness (QED) is 0.812. The number of amides is 1.